The van der Waals surface area contributed by atoms with Crippen LogP contribution in [0.15, 0.2) is 23.1 Å². The molecule has 180 valence electrons. The summed E-state index contributed by atoms with van der Waals surface area (Å²) in [5, 5.41) is 18.2. The second-order valence-corrected chi connectivity index (χ2v) is 9.37. The van der Waals surface area contributed by atoms with Crippen LogP contribution in [0.25, 0.3) is 0 Å². The van der Waals surface area contributed by atoms with E-state index in [1.807, 2.05) is 0 Å². The van der Waals surface area contributed by atoms with Gasteiger partial charge in [-0.1, -0.05) is 6.92 Å². The minimum Gasteiger partial charge on any atom is -0.438 e. The largest absolute Gasteiger partial charge is 0.438 e. The minimum absolute atomic E-state index is 0.0304. The molecule has 12 nitrogen and oxygen atoms in total. The van der Waals surface area contributed by atoms with Gasteiger partial charge in [-0.05, 0) is 32.3 Å². The van der Waals surface area contributed by atoms with E-state index in [0.29, 0.717) is 25.1 Å². The zero-order valence-electron chi connectivity index (χ0n) is 18.7. The van der Waals surface area contributed by atoms with Crippen LogP contribution in [0, 0.1) is 17.0 Å². The highest BCUT2D eigenvalue weighted by Gasteiger charge is 2.27. The number of aromatic nitrogens is 2. The lowest BCUT2D eigenvalue weighted by Gasteiger charge is -2.13. The van der Waals surface area contributed by atoms with E-state index in [-0.39, 0.29) is 34.9 Å². The van der Waals surface area contributed by atoms with E-state index in [0.717, 1.165) is 25.0 Å². The van der Waals surface area contributed by atoms with Crippen molar-refractivity contribution < 1.29 is 27.6 Å². The molecule has 0 bridgehead atoms. The van der Waals surface area contributed by atoms with Crippen molar-refractivity contribution in [2.45, 2.75) is 44.1 Å². The third-order valence-corrected chi connectivity index (χ3v) is 6.61. The summed E-state index contributed by atoms with van der Waals surface area (Å²) in [7, 11) is -2.54. The number of carbonyl (C=O) groups excluding carboxylic acids is 1. The highest BCUT2D eigenvalue weighted by Crippen LogP contribution is 2.34. The molecule has 0 radical (unpaired) electrons. The van der Waals surface area contributed by atoms with Crippen molar-refractivity contribution in [1.29, 1.82) is 0 Å². The molecule has 1 amide bonds. The number of sulfonamides is 1. The predicted octanol–water partition coefficient (Wildman–Crippen LogP) is 2.03. The fourth-order valence-corrected chi connectivity index (χ4v) is 4.67. The maximum absolute atomic E-state index is 12.8. The van der Waals surface area contributed by atoms with E-state index >= 15 is 0 Å². The highest BCUT2D eigenvalue weighted by atomic mass is 32.2. The predicted molar refractivity (Wildman–Crippen MR) is 118 cm³/mol. The number of nitrogens with zero attached hydrogens (tertiary/aromatic N) is 3. The fraction of sp³-hybridized carbons (Fsp3) is 0.500. The Labute approximate surface area is 191 Å². The Bertz CT molecular complexity index is 1140. The second-order valence-electron chi connectivity index (χ2n) is 7.64. The third-order valence-electron chi connectivity index (χ3n) is 5.13. The van der Waals surface area contributed by atoms with Gasteiger partial charge in [0.15, 0.2) is 5.69 Å². The van der Waals surface area contributed by atoms with Crippen LogP contribution in [0.2, 0.25) is 0 Å². The van der Waals surface area contributed by atoms with Gasteiger partial charge in [0.1, 0.15) is 10.6 Å². The number of nitrogens with one attached hydrogen (secondary N) is 2. The Morgan fingerprint density at radius 3 is 2.82 bits per heavy atom. The SMILES string of the molecule is CCCNS(=O)(=O)c1cc([N+](=O)[O-])ccc1Oc1c(C)c(C(=O)NC[C@H]2CCCO2)nn1C. The van der Waals surface area contributed by atoms with Crippen LogP contribution in [0.4, 0.5) is 5.69 Å². The summed E-state index contributed by atoms with van der Waals surface area (Å²) in [5.41, 5.74) is 0.127. The van der Waals surface area contributed by atoms with Gasteiger partial charge in [-0.15, -0.1) is 0 Å². The summed E-state index contributed by atoms with van der Waals surface area (Å²) in [6.07, 6.45) is 2.33. The van der Waals surface area contributed by atoms with E-state index in [1.165, 1.54) is 10.7 Å². The standard InChI is InChI=1S/C20H27N5O7S/c1-4-9-22-33(29,30)17-11-14(25(27)28)7-8-16(17)32-20-13(2)18(23-24(20)3)19(26)21-12-15-6-5-10-31-15/h7-8,11,15,22H,4-6,9-10,12H2,1-3H3,(H,21,26)/t15-/m1/s1. The molecule has 2 heterocycles. The van der Waals surface area contributed by atoms with Crippen molar-refractivity contribution in [2.75, 3.05) is 19.7 Å². The Morgan fingerprint density at radius 2 is 2.18 bits per heavy atom. The van der Waals surface area contributed by atoms with E-state index in [2.05, 4.69) is 15.1 Å². The van der Waals surface area contributed by atoms with Crippen LogP contribution in [0.5, 0.6) is 11.6 Å². The van der Waals surface area contributed by atoms with E-state index in [1.54, 1.807) is 20.9 Å². The number of ether oxygens (including phenoxy) is 2. The van der Waals surface area contributed by atoms with Gasteiger partial charge in [0.25, 0.3) is 11.6 Å². The maximum Gasteiger partial charge on any atom is 0.272 e. The maximum atomic E-state index is 12.8. The van der Waals surface area contributed by atoms with Gasteiger partial charge in [-0.2, -0.15) is 5.10 Å². The zero-order valence-corrected chi connectivity index (χ0v) is 19.5. The zero-order chi connectivity index (χ0) is 24.2. The summed E-state index contributed by atoms with van der Waals surface area (Å²) in [5.74, 6) is -0.394. The molecule has 0 unspecified atom stereocenters. The second kappa shape index (κ2) is 10.3. The number of nitro groups is 1. The van der Waals surface area contributed by atoms with Crippen LogP contribution in [-0.2, 0) is 21.8 Å². The van der Waals surface area contributed by atoms with E-state index in [4.69, 9.17) is 9.47 Å². The van der Waals surface area contributed by atoms with Gasteiger partial charge in [-0.25, -0.2) is 17.8 Å². The molecule has 1 aliphatic heterocycles. The number of hydrogen-bond donors (Lipinski definition) is 2. The van der Waals surface area contributed by atoms with Crippen molar-refractivity contribution in [3.63, 3.8) is 0 Å². The number of rotatable bonds is 10. The third kappa shape index (κ3) is 5.67. The molecule has 2 aromatic rings. The molecule has 0 spiro atoms. The van der Waals surface area contributed by atoms with Crippen LogP contribution in [0.3, 0.4) is 0 Å². The smallest absolute Gasteiger partial charge is 0.272 e. The molecule has 1 aromatic heterocycles. The Hall–Kier alpha value is -3.03. The average molecular weight is 482 g/mol. The van der Waals surface area contributed by atoms with Crippen LogP contribution < -0.4 is 14.8 Å². The molecule has 0 aliphatic carbocycles. The van der Waals surface area contributed by atoms with Crippen molar-refractivity contribution in [3.05, 3.63) is 39.6 Å². The number of aryl methyl sites for hydroxylation is 1. The van der Waals surface area contributed by atoms with Crippen LogP contribution >= 0.6 is 0 Å². The Kier molecular flexibility index (Phi) is 7.66. The molecule has 0 saturated carbocycles. The van der Waals surface area contributed by atoms with Crippen molar-refractivity contribution in [2.24, 2.45) is 7.05 Å². The van der Waals surface area contributed by atoms with Crippen molar-refractivity contribution in [3.8, 4) is 11.6 Å². The normalized spacial score (nSPS) is 16.0. The van der Waals surface area contributed by atoms with Crippen molar-refractivity contribution >= 4 is 21.6 Å². The van der Waals surface area contributed by atoms with Crippen LogP contribution in [-0.4, -0.2) is 54.8 Å². The first-order valence-electron chi connectivity index (χ1n) is 10.5. The number of amides is 1. The summed E-state index contributed by atoms with van der Waals surface area (Å²) in [6, 6.07) is 3.30. The number of nitro benzene ring substituents is 1. The van der Waals surface area contributed by atoms with Gasteiger partial charge in [0.2, 0.25) is 15.9 Å². The van der Waals surface area contributed by atoms with Gasteiger partial charge in [-0.3, -0.25) is 14.9 Å². The van der Waals surface area contributed by atoms with Gasteiger partial charge >= 0.3 is 0 Å². The Balaban J connectivity index is 1.89. The number of benzene rings is 1. The number of carbonyl (C=O) groups is 1. The first-order valence-corrected chi connectivity index (χ1v) is 12.0. The van der Waals surface area contributed by atoms with Gasteiger partial charge < -0.3 is 14.8 Å². The average Bonchev–Trinajstić information content (AvgIpc) is 3.40. The molecular formula is C20H27N5O7S. The molecule has 1 fully saturated rings. The van der Waals surface area contributed by atoms with E-state index in [9.17, 15) is 23.3 Å². The summed E-state index contributed by atoms with van der Waals surface area (Å²) < 4.78 is 40.6. The highest BCUT2D eigenvalue weighted by molar-refractivity contribution is 7.89. The first-order chi connectivity index (χ1) is 15.6. The van der Waals surface area contributed by atoms with Gasteiger partial charge in [0, 0.05) is 44.4 Å². The molecule has 2 N–H and O–H groups in total. The van der Waals surface area contributed by atoms with Crippen LogP contribution in [0.1, 0.15) is 42.2 Å². The molecule has 3 rings (SSSR count). The lowest BCUT2D eigenvalue weighted by molar-refractivity contribution is -0.385. The number of hydrogen-bond acceptors (Lipinski definition) is 8. The molecule has 1 saturated heterocycles. The Morgan fingerprint density at radius 1 is 1.42 bits per heavy atom. The molecule has 1 aromatic carbocycles. The van der Waals surface area contributed by atoms with Gasteiger partial charge in [0.05, 0.1) is 11.0 Å². The van der Waals surface area contributed by atoms with E-state index < -0.39 is 26.5 Å². The summed E-state index contributed by atoms with van der Waals surface area (Å²) >= 11 is 0. The molecule has 13 heteroatoms. The molecule has 33 heavy (non-hydrogen) atoms. The molecule has 1 aliphatic rings. The first kappa shape index (κ1) is 24.6. The minimum atomic E-state index is -4.08. The molecule has 1 atom stereocenters. The lowest BCUT2D eigenvalue weighted by Crippen LogP contribution is -2.32. The van der Waals surface area contributed by atoms with Crippen molar-refractivity contribution in [1.82, 2.24) is 19.8 Å². The molecular weight excluding hydrogens is 454 g/mol. The number of non-ortho nitro benzene ring substituents is 1. The summed E-state index contributed by atoms with van der Waals surface area (Å²) in [6.45, 7) is 4.61. The monoisotopic (exact) mass is 481 g/mol. The fourth-order valence-electron chi connectivity index (χ4n) is 3.39. The lowest BCUT2D eigenvalue weighted by atomic mass is 10.2. The summed E-state index contributed by atoms with van der Waals surface area (Å²) in [4.78, 5) is 22.7. The quantitative estimate of drug-likeness (QED) is 0.386. The topological polar surface area (TPSA) is 155 Å².